The summed E-state index contributed by atoms with van der Waals surface area (Å²) in [4.78, 5) is 17.0. The molecule has 7 heteroatoms. The Morgan fingerprint density at radius 2 is 2.20 bits per heavy atom. The van der Waals surface area contributed by atoms with Gasteiger partial charge in [0.2, 0.25) is 0 Å². The Kier molecular flexibility index (Phi) is 3.99. The van der Waals surface area contributed by atoms with Gasteiger partial charge in [-0.1, -0.05) is 6.92 Å². The van der Waals surface area contributed by atoms with Gasteiger partial charge in [-0.25, -0.2) is 0 Å². The predicted molar refractivity (Wildman–Crippen MR) is 64.9 cm³/mol. The molecule has 1 aliphatic rings. The Balaban J connectivity index is 2.18. The van der Waals surface area contributed by atoms with Crippen LogP contribution in [0.1, 0.15) is 29.4 Å². The maximum atomic E-state index is 12.4. The van der Waals surface area contributed by atoms with Gasteiger partial charge in [0.15, 0.2) is 0 Å². The van der Waals surface area contributed by atoms with Crippen molar-refractivity contribution in [1.29, 1.82) is 0 Å². The number of aliphatic hydroxyl groups is 1. The van der Waals surface area contributed by atoms with Gasteiger partial charge >= 0.3 is 6.18 Å². The van der Waals surface area contributed by atoms with Crippen LogP contribution in [0.2, 0.25) is 0 Å². The minimum atomic E-state index is -4.52. The van der Waals surface area contributed by atoms with Crippen molar-refractivity contribution in [3.8, 4) is 0 Å². The zero-order valence-electron chi connectivity index (χ0n) is 10.9. The molecule has 0 bridgehead atoms. The average Bonchev–Trinajstić information content (AvgIpc) is 2.78. The fraction of sp³-hybridized carbons (Fsp3) is 0.538. The molecule has 1 aromatic heterocycles. The van der Waals surface area contributed by atoms with Crippen LogP contribution in [0, 0.1) is 5.92 Å². The van der Waals surface area contributed by atoms with Gasteiger partial charge in [0.25, 0.3) is 5.91 Å². The molecule has 1 amide bonds. The third kappa shape index (κ3) is 2.77. The van der Waals surface area contributed by atoms with Gasteiger partial charge in [-0.15, -0.1) is 0 Å². The van der Waals surface area contributed by atoms with Crippen LogP contribution in [0.4, 0.5) is 13.2 Å². The second-order valence-corrected chi connectivity index (χ2v) is 4.94. The maximum absolute atomic E-state index is 12.4. The van der Waals surface area contributed by atoms with Gasteiger partial charge in [0.05, 0.1) is 18.2 Å². The first-order valence-corrected chi connectivity index (χ1v) is 6.29. The molecule has 0 saturated carbocycles. The van der Waals surface area contributed by atoms with E-state index in [-0.39, 0.29) is 24.1 Å². The number of rotatable bonds is 2. The van der Waals surface area contributed by atoms with Crippen molar-refractivity contribution in [3.63, 3.8) is 0 Å². The quantitative estimate of drug-likeness (QED) is 0.905. The van der Waals surface area contributed by atoms with Crippen LogP contribution in [-0.4, -0.2) is 40.1 Å². The topological polar surface area (TPSA) is 53.4 Å². The highest BCUT2D eigenvalue weighted by molar-refractivity contribution is 5.94. The molecule has 0 radical (unpaired) electrons. The molecule has 1 fully saturated rings. The van der Waals surface area contributed by atoms with Crippen molar-refractivity contribution in [1.82, 2.24) is 9.88 Å². The lowest BCUT2D eigenvalue weighted by Crippen LogP contribution is -2.39. The van der Waals surface area contributed by atoms with Crippen molar-refractivity contribution in [2.75, 3.05) is 13.2 Å². The van der Waals surface area contributed by atoms with Gasteiger partial charge in [0, 0.05) is 12.7 Å². The number of amides is 1. The van der Waals surface area contributed by atoms with Gasteiger partial charge < -0.3 is 10.0 Å². The third-order valence-electron chi connectivity index (χ3n) is 3.63. The predicted octanol–water partition coefficient (Wildman–Crippen LogP) is 1.94. The first-order valence-electron chi connectivity index (χ1n) is 6.29. The highest BCUT2D eigenvalue weighted by Gasteiger charge is 2.35. The van der Waals surface area contributed by atoms with Gasteiger partial charge in [-0.3, -0.25) is 9.78 Å². The lowest BCUT2D eigenvalue weighted by molar-refractivity contribution is -0.141. The van der Waals surface area contributed by atoms with E-state index < -0.39 is 17.8 Å². The molecule has 110 valence electrons. The second kappa shape index (κ2) is 5.40. The fourth-order valence-corrected chi connectivity index (χ4v) is 2.39. The van der Waals surface area contributed by atoms with Gasteiger partial charge in [0.1, 0.15) is 5.69 Å². The molecule has 4 nitrogen and oxygen atoms in total. The second-order valence-electron chi connectivity index (χ2n) is 4.94. The molecule has 0 aromatic carbocycles. The van der Waals surface area contributed by atoms with E-state index in [9.17, 15) is 23.1 Å². The van der Waals surface area contributed by atoms with Crippen molar-refractivity contribution in [3.05, 3.63) is 29.6 Å². The Bertz CT molecular complexity index is 487. The van der Waals surface area contributed by atoms with E-state index in [0.717, 1.165) is 24.8 Å². The first kappa shape index (κ1) is 14.8. The number of nitrogens with zero attached hydrogens (tertiary/aromatic N) is 2. The van der Waals surface area contributed by atoms with Crippen LogP contribution in [0.15, 0.2) is 18.3 Å². The molecule has 1 N–H and O–H groups in total. The van der Waals surface area contributed by atoms with Gasteiger partial charge in [-0.2, -0.15) is 13.2 Å². The molecular formula is C13H15F3N2O2. The maximum Gasteiger partial charge on any atom is 0.433 e. The zero-order valence-corrected chi connectivity index (χ0v) is 10.9. The van der Waals surface area contributed by atoms with Crippen LogP contribution in [0.5, 0.6) is 0 Å². The summed E-state index contributed by atoms with van der Waals surface area (Å²) in [5, 5.41) is 9.30. The summed E-state index contributed by atoms with van der Waals surface area (Å²) in [5.74, 6) is -0.221. The minimum absolute atomic E-state index is 0.102. The average molecular weight is 288 g/mol. The number of hydrogen-bond donors (Lipinski definition) is 1. The number of likely N-dealkylation sites (tertiary alicyclic amines) is 1. The van der Waals surface area contributed by atoms with Crippen molar-refractivity contribution >= 4 is 5.91 Å². The van der Waals surface area contributed by atoms with Crippen molar-refractivity contribution in [2.24, 2.45) is 5.92 Å². The molecule has 2 heterocycles. The summed E-state index contributed by atoms with van der Waals surface area (Å²) in [6.45, 7) is 2.27. The molecule has 2 atom stereocenters. The van der Waals surface area contributed by atoms with Crippen LogP contribution >= 0.6 is 0 Å². The van der Waals surface area contributed by atoms with Crippen molar-refractivity contribution in [2.45, 2.75) is 25.6 Å². The normalized spacial score (nSPS) is 23.1. The summed E-state index contributed by atoms with van der Waals surface area (Å²) in [5.41, 5.74) is -0.923. The molecule has 0 spiro atoms. The number of hydrogen-bond acceptors (Lipinski definition) is 3. The Morgan fingerprint density at radius 3 is 2.70 bits per heavy atom. The Labute approximate surface area is 114 Å². The summed E-state index contributed by atoms with van der Waals surface area (Å²) >= 11 is 0. The molecule has 0 aliphatic carbocycles. The monoisotopic (exact) mass is 288 g/mol. The number of aromatic nitrogens is 1. The summed E-state index contributed by atoms with van der Waals surface area (Å²) in [6.07, 6.45) is -2.81. The van der Waals surface area contributed by atoms with E-state index in [0.29, 0.717) is 6.54 Å². The summed E-state index contributed by atoms with van der Waals surface area (Å²) in [6, 6.07) is 1.63. The van der Waals surface area contributed by atoms with Crippen LogP contribution < -0.4 is 0 Å². The third-order valence-corrected chi connectivity index (χ3v) is 3.63. The number of carbonyl (C=O) groups excluding carboxylic acids is 1. The molecule has 1 aromatic rings. The van der Waals surface area contributed by atoms with Gasteiger partial charge in [-0.05, 0) is 24.5 Å². The lowest BCUT2D eigenvalue weighted by Gasteiger charge is -2.25. The van der Waals surface area contributed by atoms with Crippen molar-refractivity contribution < 1.29 is 23.1 Å². The van der Waals surface area contributed by atoms with Crippen LogP contribution in [0.3, 0.4) is 0 Å². The van der Waals surface area contributed by atoms with E-state index in [1.165, 1.54) is 4.90 Å². The van der Waals surface area contributed by atoms with E-state index in [4.69, 9.17) is 0 Å². The number of alkyl halides is 3. The number of halogens is 3. The number of carbonyl (C=O) groups is 1. The smallest absolute Gasteiger partial charge is 0.394 e. The Hall–Kier alpha value is -1.63. The molecule has 2 rings (SSSR count). The summed E-state index contributed by atoms with van der Waals surface area (Å²) < 4.78 is 37.2. The molecule has 1 saturated heterocycles. The molecule has 2 unspecified atom stereocenters. The van der Waals surface area contributed by atoms with E-state index in [1.54, 1.807) is 0 Å². The number of pyridine rings is 1. The highest BCUT2D eigenvalue weighted by atomic mass is 19.4. The van der Waals surface area contributed by atoms with E-state index >= 15 is 0 Å². The fourth-order valence-electron chi connectivity index (χ4n) is 2.39. The van der Waals surface area contributed by atoms with Crippen LogP contribution in [-0.2, 0) is 6.18 Å². The summed E-state index contributed by atoms with van der Waals surface area (Å²) in [7, 11) is 0. The van der Waals surface area contributed by atoms with Crippen LogP contribution in [0.25, 0.3) is 0 Å². The molecule has 20 heavy (non-hydrogen) atoms. The standard InChI is InChI=1S/C13H15F3N2O2/c1-8-4-5-18(10(8)7-19)12(20)9-2-3-11(17-6-9)13(14,15)16/h2-3,6,8,10,19H,4-5,7H2,1H3. The molecule has 1 aliphatic heterocycles. The SMILES string of the molecule is CC1CCN(C(=O)c2ccc(C(F)(F)F)nc2)C1CO. The highest BCUT2D eigenvalue weighted by Crippen LogP contribution is 2.28. The van der Waals surface area contributed by atoms with E-state index in [2.05, 4.69) is 4.98 Å². The van der Waals surface area contributed by atoms with E-state index in [1.807, 2.05) is 6.92 Å². The number of aliphatic hydroxyl groups excluding tert-OH is 1. The molecular weight excluding hydrogens is 273 g/mol. The zero-order chi connectivity index (χ0) is 14.9. The Morgan fingerprint density at radius 1 is 1.50 bits per heavy atom. The minimum Gasteiger partial charge on any atom is -0.394 e. The largest absolute Gasteiger partial charge is 0.433 e. The first-order chi connectivity index (χ1) is 9.34. The lowest BCUT2D eigenvalue weighted by atomic mass is 10.0.